The number of hydrogen-bond acceptors (Lipinski definition) is 3. The van der Waals surface area contributed by atoms with Crippen LogP contribution in [0.25, 0.3) is 0 Å². The van der Waals surface area contributed by atoms with Crippen molar-refractivity contribution in [2.24, 2.45) is 11.7 Å². The first kappa shape index (κ1) is 19.2. The second kappa shape index (κ2) is 10.0. The Morgan fingerprint density at radius 1 is 1.19 bits per heavy atom. The molecule has 0 rings (SSSR count). The molecular weight excluding hydrogens is 274 g/mol. The number of nitrogens with two attached hydrogens (primary N) is 1. The van der Waals surface area contributed by atoms with Gasteiger partial charge in [0.05, 0.1) is 0 Å². The lowest BCUT2D eigenvalue weighted by Crippen LogP contribution is -2.49. The summed E-state index contributed by atoms with van der Waals surface area (Å²) in [7, 11) is 0. The van der Waals surface area contributed by atoms with Crippen LogP contribution in [0.2, 0.25) is 0 Å². The number of carbonyl (C=O) groups excluding carboxylic acids is 2. The molecule has 0 aliphatic rings. The monoisotopic (exact) mass is 301 g/mol. The summed E-state index contributed by atoms with van der Waals surface area (Å²) in [6.45, 7) is 7.07. The molecule has 1 atom stereocenters. The van der Waals surface area contributed by atoms with Crippen LogP contribution < -0.4 is 11.1 Å². The molecule has 0 aliphatic heterocycles. The molecule has 0 aromatic carbocycles. The minimum atomic E-state index is -1.16. The van der Waals surface area contributed by atoms with Crippen molar-refractivity contribution in [3.05, 3.63) is 0 Å². The Morgan fingerprint density at radius 3 is 2.14 bits per heavy atom. The lowest BCUT2D eigenvalue weighted by molar-refractivity contribution is -0.139. The van der Waals surface area contributed by atoms with Crippen LogP contribution in [0, 0.1) is 5.92 Å². The van der Waals surface area contributed by atoms with Crippen LogP contribution in [0.15, 0.2) is 0 Å². The Balaban J connectivity index is 4.62. The smallest absolute Gasteiger partial charge is 0.326 e. The first-order chi connectivity index (χ1) is 9.85. The predicted octanol–water partition coefficient (Wildman–Crippen LogP) is 1.17. The number of carboxylic acid groups (broad SMARTS) is 1. The molecule has 7 nitrogen and oxygen atoms in total. The normalized spacial score (nSPS) is 12.0. The summed E-state index contributed by atoms with van der Waals surface area (Å²) in [5.41, 5.74) is 5.00. The fourth-order valence-electron chi connectivity index (χ4n) is 2.00. The highest BCUT2D eigenvalue weighted by Crippen LogP contribution is 2.10. The van der Waals surface area contributed by atoms with Crippen molar-refractivity contribution in [2.45, 2.75) is 52.5 Å². The van der Waals surface area contributed by atoms with Crippen molar-refractivity contribution in [1.82, 2.24) is 10.2 Å². The van der Waals surface area contributed by atoms with Gasteiger partial charge in [0.2, 0.25) is 5.91 Å². The van der Waals surface area contributed by atoms with E-state index >= 15 is 0 Å². The van der Waals surface area contributed by atoms with Crippen molar-refractivity contribution >= 4 is 17.9 Å². The van der Waals surface area contributed by atoms with E-state index in [0.29, 0.717) is 19.0 Å². The minimum Gasteiger partial charge on any atom is -0.480 e. The maximum absolute atomic E-state index is 12.1. The van der Waals surface area contributed by atoms with Crippen molar-refractivity contribution in [3.63, 3.8) is 0 Å². The molecular formula is C14H27N3O4. The molecule has 4 N–H and O–H groups in total. The van der Waals surface area contributed by atoms with E-state index < -0.39 is 23.9 Å². The molecule has 0 heterocycles. The Bertz CT molecular complexity index is 356. The Hall–Kier alpha value is -1.79. The van der Waals surface area contributed by atoms with Crippen LogP contribution in [0.4, 0.5) is 4.79 Å². The molecule has 0 bridgehead atoms. The maximum Gasteiger partial charge on any atom is 0.326 e. The molecule has 7 heteroatoms. The summed E-state index contributed by atoms with van der Waals surface area (Å²) in [6, 6.07) is -1.51. The molecule has 0 aromatic rings. The minimum absolute atomic E-state index is 0.00105. The molecule has 0 saturated carbocycles. The lowest BCUT2D eigenvalue weighted by Gasteiger charge is -2.27. The van der Waals surface area contributed by atoms with Gasteiger partial charge >= 0.3 is 12.0 Å². The van der Waals surface area contributed by atoms with Gasteiger partial charge in [-0.3, -0.25) is 4.79 Å². The van der Waals surface area contributed by atoms with E-state index in [1.807, 2.05) is 6.92 Å². The number of amides is 3. The highest BCUT2D eigenvalue weighted by molar-refractivity contribution is 5.83. The standard InChI is InChI=1S/C14H27N3O4/c1-4-10(5-2)9-17(6-3)14(21)16-11(13(19)20)7-8-12(15)18/h10-11H,4-9H2,1-3H3,(H2,15,18)(H,16,21)(H,19,20)/t11-/m1/s1. The number of rotatable bonds is 10. The van der Waals surface area contributed by atoms with Gasteiger partial charge in [-0.05, 0) is 19.3 Å². The number of aliphatic carboxylic acids is 1. The number of nitrogens with one attached hydrogen (secondary N) is 1. The summed E-state index contributed by atoms with van der Waals surface area (Å²) in [6.07, 6.45) is 1.85. The number of hydrogen-bond donors (Lipinski definition) is 3. The van der Waals surface area contributed by atoms with Crippen LogP contribution in [-0.4, -0.2) is 47.0 Å². The van der Waals surface area contributed by atoms with Crippen LogP contribution in [0.5, 0.6) is 0 Å². The number of carbonyl (C=O) groups is 3. The summed E-state index contributed by atoms with van der Waals surface area (Å²) in [5, 5.41) is 11.5. The molecule has 0 fully saturated rings. The van der Waals surface area contributed by atoms with Gasteiger partial charge in [-0.15, -0.1) is 0 Å². The number of urea groups is 1. The molecule has 0 spiro atoms. The van der Waals surface area contributed by atoms with Crippen LogP contribution in [0.1, 0.15) is 46.5 Å². The van der Waals surface area contributed by atoms with E-state index in [1.54, 1.807) is 4.90 Å². The summed E-state index contributed by atoms with van der Waals surface area (Å²) >= 11 is 0. The van der Waals surface area contributed by atoms with Crippen molar-refractivity contribution < 1.29 is 19.5 Å². The number of primary amides is 1. The van der Waals surface area contributed by atoms with Gasteiger partial charge in [-0.1, -0.05) is 26.7 Å². The Labute approximate surface area is 125 Å². The molecule has 0 saturated heterocycles. The predicted molar refractivity (Wildman–Crippen MR) is 79.7 cm³/mol. The fraction of sp³-hybridized carbons (Fsp3) is 0.786. The number of carboxylic acids is 1. The first-order valence-electron chi connectivity index (χ1n) is 7.42. The van der Waals surface area contributed by atoms with Crippen LogP contribution in [-0.2, 0) is 9.59 Å². The van der Waals surface area contributed by atoms with E-state index in [1.165, 1.54) is 0 Å². The zero-order chi connectivity index (χ0) is 16.4. The van der Waals surface area contributed by atoms with Crippen molar-refractivity contribution in [3.8, 4) is 0 Å². The first-order valence-corrected chi connectivity index (χ1v) is 7.42. The summed E-state index contributed by atoms with van der Waals surface area (Å²) in [4.78, 5) is 35.6. The highest BCUT2D eigenvalue weighted by Gasteiger charge is 2.23. The maximum atomic E-state index is 12.1. The molecule has 21 heavy (non-hydrogen) atoms. The van der Waals surface area contributed by atoms with Gasteiger partial charge < -0.3 is 21.1 Å². The van der Waals surface area contributed by atoms with Gasteiger partial charge in [0.25, 0.3) is 0 Å². The Kier molecular flexibility index (Phi) is 9.16. The largest absolute Gasteiger partial charge is 0.480 e. The second-order valence-corrected chi connectivity index (χ2v) is 5.07. The van der Waals surface area contributed by atoms with Crippen LogP contribution >= 0.6 is 0 Å². The van der Waals surface area contributed by atoms with E-state index in [-0.39, 0.29) is 12.8 Å². The second-order valence-electron chi connectivity index (χ2n) is 5.07. The van der Waals surface area contributed by atoms with E-state index in [2.05, 4.69) is 19.2 Å². The molecule has 0 aliphatic carbocycles. The zero-order valence-corrected chi connectivity index (χ0v) is 13.1. The highest BCUT2D eigenvalue weighted by atomic mass is 16.4. The van der Waals surface area contributed by atoms with Crippen molar-refractivity contribution in [2.75, 3.05) is 13.1 Å². The molecule has 0 radical (unpaired) electrons. The van der Waals surface area contributed by atoms with Crippen LogP contribution in [0.3, 0.4) is 0 Å². The van der Waals surface area contributed by atoms with E-state index in [0.717, 1.165) is 12.8 Å². The van der Waals surface area contributed by atoms with Gasteiger partial charge in [0.1, 0.15) is 6.04 Å². The average Bonchev–Trinajstić information content (AvgIpc) is 2.44. The fourth-order valence-corrected chi connectivity index (χ4v) is 2.00. The third-order valence-electron chi connectivity index (χ3n) is 3.58. The lowest BCUT2D eigenvalue weighted by atomic mass is 10.0. The third-order valence-corrected chi connectivity index (χ3v) is 3.58. The SMILES string of the molecule is CCC(CC)CN(CC)C(=O)N[C@H](CCC(N)=O)C(=O)O. The Morgan fingerprint density at radius 2 is 1.76 bits per heavy atom. The molecule has 0 aromatic heterocycles. The zero-order valence-electron chi connectivity index (χ0n) is 13.1. The quantitative estimate of drug-likeness (QED) is 0.562. The van der Waals surface area contributed by atoms with Gasteiger partial charge in [0, 0.05) is 19.5 Å². The third kappa shape index (κ3) is 7.53. The van der Waals surface area contributed by atoms with Gasteiger partial charge in [-0.25, -0.2) is 9.59 Å². The van der Waals surface area contributed by atoms with Crippen molar-refractivity contribution in [1.29, 1.82) is 0 Å². The van der Waals surface area contributed by atoms with Gasteiger partial charge in [-0.2, -0.15) is 0 Å². The van der Waals surface area contributed by atoms with E-state index in [4.69, 9.17) is 10.8 Å². The molecule has 0 unspecified atom stereocenters. The average molecular weight is 301 g/mol. The summed E-state index contributed by atoms with van der Waals surface area (Å²) in [5.74, 6) is -1.35. The molecule has 122 valence electrons. The molecule has 3 amide bonds. The topological polar surface area (TPSA) is 113 Å². The van der Waals surface area contributed by atoms with E-state index in [9.17, 15) is 14.4 Å². The summed E-state index contributed by atoms with van der Waals surface area (Å²) < 4.78 is 0. The van der Waals surface area contributed by atoms with Gasteiger partial charge in [0.15, 0.2) is 0 Å². The number of nitrogens with zero attached hydrogens (tertiary/aromatic N) is 1.